The molecule has 0 aromatic heterocycles. The average molecular weight is 411 g/mol. The summed E-state index contributed by atoms with van der Waals surface area (Å²) >= 11 is 0. The van der Waals surface area contributed by atoms with Gasteiger partial charge in [0.05, 0.1) is 6.07 Å². The molecule has 1 aromatic rings. The van der Waals surface area contributed by atoms with Crippen molar-refractivity contribution in [2.75, 3.05) is 37.6 Å². The van der Waals surface area contributed by atoms with Crippen LogP contribution in [-0.4, -0.2) is 49.6 Å². The molecule has 164 valence electrons. The molecule has 0 atom stereocenters. The van der Waals surface area contributed by atoms with Crippen LogP contribution >= 0.6 is 0 Å². The summed E-state index contributed by atoms with van der Waals surface area (Å²) in [5.41, 5.74) is 2.83. The largest absolute Gasteiger partial charge is 0.369 e. The van der Waals surface area contributed by atoms with Gasteiger partial charge in [-0.1, -0.05) is 26.0 Å². The lowest BCUT2D eigenvalue weighted by Gasteiger charge is -2.37. The highest BCUT2D eigenvalue weighted by Gasteiger charge is 2.24. The Hall–Kier alpha value is -2.06. The Bertz CT molecular complexity index is 710. The number of carbonyl (C=O) groups is 1. The van der Waals surface area contributed by atoms with E-state index in [1.54, 1.807) is 0 Å². The number of hydrogen-bond acceptors (Lipinski definition) is 4. The van der Waals surface area contributed by atoms with E-state index in [4.69, 9.17) is 5.26 Å². The highest BCUT2D eigenvalue weighted by Crippen LogP contribution is 2.27. The maximum absolute atomic E-state index is 11.6. The monoisotopic (exact) mass is 410 g/mol. The predicted octanol–water partition coefficient (Wildman–Crippen LogP) is 3.99. The van der Waals surface area contributed by atoms with Gasteiger partial charge in [0.15, 0.2) is 0 Å². The molecule has 1 aliphatic heterocycles. The maximum atomic E-state index is 11.6. The number of amides is 1. The molecule has 30 heavy (non-hydrogen) atoms. The van der Waals surface area contributed by atoms with Crippen molar-refractivity contribution in [1.29, 1.82) is 5.26 Å². The number of benzene rings is 1. The van der Waals surface area contributed by atoms with Gasteiger partial charge >= 0.3 is 0 Å². The second kappa shape index (κ2) is 11.4. The highest BCUT2D eigenvalue weighted by molar-refractivity contribution is 5.78. The number of anilines is 1. The lowest BCUT2D eigenvalue weighted by Crippen LogP contribution is -2.47. The summed E-state index contributed by atoms with van der Waals surface area (Å²) in [6.07, 6.45) is 6.90. The number of nitrogens with zero attached hydrogens (tertiary/aromatic N) is 3. The Morgan fingerprint density at radius 1 is 1.17 bits per heavy atom. The van der Waals surface area contributed by atoms with Crippen LogP contribution < -0.4 is 10.2 Å². The van der Waals surface area contributed by atoms with Gasteiger partial charge in [-0.2, -0.15) is 5.26 Å². The first-order valence-electron chi connectivity index (χ1n) is 11.8. The van der Waals surface area contributed by atoms with Crippen LogP contribution in [0.2, 0.25) is 0 Å². The van der Waals surface area contributed by atoms with E-state index in [2.05, 4.69) is 53.2 Å². The fourth-order valence-corrected chi connectivity index (χ4v) is 4.89. The van der Waals surface area contributed by atoms with Crippen molar-refractivity contribution in [3.05, 3.63) is 29.8 Å². The summed E-state index contributed by atoms with van der Waals surface area (Å²) in [6.45, 7) is 10.3. The molecule has 1 amide bonds. The van der Waals surface area contributed by atoms with Crippen LogP contribution in [0.15, 0.2) is 24.3 Å². The van der Waals surface area contributed by atoms with Crippen molar-refractivity contribution in [2.24, 2.45) is 11.8 Å². The zero-order valence-electron chi connectivity index (χ0n) is 18.8. The molecular formula is C25H38N4O. The fraction of sp³-hybridized carbons (Fsp3) is 0.680. The summed E-state index contributed by atoms with van der Waals surface area (Å²) in [7, 11) is 0. The molecule has 5 nitrogen and oxygen atoms in total. The molecule has 1 saturated carbocycles. The topological polar surface area (TPSA) is 59.4 Å². The predicted molar refractivity (Wildman–Crippen MR) is 122 cm³/mol. The molecule has 1 saturated heterocycles. The molecule has 5 heteroatoms. The Morgan fingerprint density at radius 2 is 1.90 bits per heavy atom. The van der Waals surface area contributed by atoms with Crippen LogP contribution in [0.4, 0.5) is 5.69 Å². The molecule has 0 radical (unpaired) electrons. The van der Waals surface area contributed by atoms with Crippen molar-refractivity contribution in [2.45, 2.75) is 64.8 Å². The van der Waals surface area contributed by atoms with E-state index in [0.717, 1.165) is 51.4 Å². The van der Waals surface area contributed by atoms with Crippen molar-refractivity contribution < 1.29 is 4.79 Å². The Kier molecular flexibility index (Phi) is 8.57. The van der Waals surface area contributed by atoms with Gasteiger partial charge in [-0.3, -0.25) is 9.69 Å². The van der Waals surface area contributed by atoms with Crippen molar-refractivity contribution in [3.8, 4) is 6.07 Å². The third kappa shape index (κ3) is 7.02. The van der Waals surface area contributed by atoms with Crippen molar-refractivity contribution >= 4 is 11.6 Å². The minimum atomic E-state index is -0.117. The van der Waals surface area contributed by atoms with Crippen LogP contribution in [0.5, 0.6) is 0 Å². The van der Waals surface area contributed by atoms with Crippen LogP contribution in [-0.2, 0) is 11.2 Å². The van der Waals surface area contributed by atoms with E-state index in [-0.39, 0.29) is 18.4 Å². The van der Waals surface area contributed by atoms with E-state index in [1.807, 2.05) is 6.07 Å². The molecule has 1 N–H and O–H groups in total. The number of rotatable bonds is 8. The average Bonchev–Trinajstić information content (AvgIpc) is 2.73. The second-order valence-corrected chi connectivity index (χ2v) is 9.51. The molecule has 1 aliphatic carbocycles. The first-order valence-corrected chi connectivity index (χ1v) is 11.8. The van der Waals surface area contributed by atoms with Gasteiger partial charge < -0.3 is 10.2 Å². The van der Waals surface area contributed by atoms with Gasteiger partial charge in [0.2, 0.25) is 5.91 Å². The fourth-order valence-electron chi connectivity index (χ4n) is 4.89. The Morgan fingerprint density at radius 3 is 2.57 bits per heavy atom. The molecule has 0 spiro atoms. The highest BCUT2D eigenvalue weighted by atomic mass is 16.1. The summed E-state index contributed by atoms with van der Waals surface area (Å²) in [6, 6.07) is 11.3. The Labute approximate surface area is 182 Å². The summed E-state index contributed by atoms with van der Waals surface area (Å²) in [4.78, 5) is 16.7. The van der Waals surface area contributed by atoms with E-state index in [1.165, 1.54) is 37.1 Å². The quantitative estimate of drug-likeness (QED) is 0.704. The molecule has 1 aromatic carbocycles. The van der Waals surface area contributed by atoms with Gasteiger partial charge in [0, 0.05) is 37.9 Å². The van der Waals surface area contributed by atoms with Gasteiger partial charge in [0.1, 0.15) is 6.42 Å². The second-order valence-electron chi connectivity index (χ2n) is 9.51. The maximum Gasteiger partial charge on any atom is 0.234 e. The SMILES string of the molecule is CC(C)Cc1cccc(N2CCN(CCC3CCC(NC(=O)CC#N)CC3)CC2)c1. The lowest BCUT2D eigenvalue weighted by molar-refractivity contribution is -0.121. The molecule has 0 unspecified atom stereocenters. The molecule has 1 heterocycles. The van der Waals surface area contributed by atoms with Crippen LogP contribution in [0.1, 0.15) is 57.9 Å². The van der Waals surface area contributed by atoms with E-state index >= 15 is 0 Å². The normalized spacial score (nSPS) is 22.7. The summed E-state index contributed by atoms with van der Waals surface area (Å²) in [5.74, 6) is 1.36. The standard InChI is InChI=1S/C25H38N4O/c1-20(2)18-22-4-3-5-24(19-22)29-16-14-28(15-17-29)13-11-21-6-8-23(9-7-21)27-25(30)10-12-26/h3-5,19-21,23H,6-11,13-18H2,1-2H3,(H,27,30). The zero-order chi connectivity index (χ0) is 21.3. The van der Waals surface area contributed by atoms with E-state index in [0.29, 0.717) is 5.92 Å². The molecule has 0 bridgehead atoms. The summed E-state index contributed by atoms with van der Waals surface area (Å²) in [5, 5.41) is 11.6. The molecule has 2 aliphatic rings. The van der Waals surface area contributed by atoms with Crippen molar-refractivity contribution in [3.63, 3.8) is 0 Å². The van der Waals surface area contributed by atoms with Crippen molar-refractivity contribution in [1.82, 2.24) is 10.2 Å². The van der Waals surface area contributed by atoms with Crippen LogP contribution in [0, 0.1) is 23.2 Å². The number of hydrogen-bond donors (Lipinski definition) is 1. The number of piperazine rings is 1. The van der Waals surface area contributed by atoms with Gasteiger partial charge in [-0.15, -0.1) is 0 Å². The third-order valence-corrected chi connectivity index (χ3v) is 6.60. The minimum absolute atomic E-state index is 0.0199. The van der Waals surface area contributed by atoms with Gasteiger partial charge in [-0.25, -0.2) is 0 Å². The van der Waals surface area contributed by atoms with E-state index in [9.17, 15) is 4.79 Å². The van der Waals surface area contributed by atoms with Gasteiger partial charge in [0.25, 0.3) is 0 Å². The minimum Gasteiger partial charge on any atom is -0.369 e. The van der Waals surface area contributed by atoms with Gasteiger partial charge in [-0.05, 0) is 74.6 Å². The first kappa shape index (κ1) is 22.6. The Balaban J connectivity index is 1.35. The zero-order valence-corrected chi connectivity index (χ0v) is 18.8. The van der Waals surface area contributed by atoms with Crippen LogP contribution in [0.25, 0.3) is 0 Å². The number of nitrogens with one attached hydrogen (secondary N) is 1. The smallest absolute Gasteiger partial charge is 0.234 e. The number of carbonyl (C=O) groups excluding carboxylic acids is 1. The molecular weight excluding hydrogens is 372 g/mol. The molecule has 2 fully saturated rings. The summed E-state index contributed by atoms with van der Waals surface area (Å²) < 4.78 is 0. The number of nitriles is 1. The van der Waals surface area contributed by atoms with E-state index < -0.39 is 0 Å². The first-order chi connectivity index (χ1) is 14.5. The molecule has 3 rings (SSSR count). The lowest BCUT2D eigenvalue weighted by atomic mass is 9.84. The third-order valence-electron chi connectivity index (χ3n) is 6.60. The van der Waals surface area contributed by atoms with Crippen LogP contribution in [0.3, 0.4) is 0 Å².